The molecule has 3 aromatic rings. The number of aromatic nitrogens is 1. The van der Waals surface area contributed by atoms with Gasteiger partial charge in [0.25, 0.3) is 0 Å². The smallest absolute Gasteiger partial charge is 0.165 e. The fourth-order valence-corrected chi connectivity index (χ4v) is 4.46. The molecule has 0 aliphatic carbocycles. The van der Waals surface area contributed by atoms with E-state index >= 15 is 0 Å². The fraction of sp³-hybridized carbons (Fsp3) is 0.292. The Labute approximate surface area is 176 Å². The van der Waals surface area contributed by atoms with Crippen LogP contribution in [0.15, 0.2) is 67.0 Å². The first-order chi connectivity index (χ1) is 14.8. The van der Waals surface area contributed by atoms with Gasteiger partial charge < -0.3 is 9.84 Å². The second kappa shape index (κ2) is 8.44. The maximum absolute atomic E-state index is 10.6. The number of hydrazine groups is 1. The predicted molar refractivity (Wildman–Crippen MR) is 116 cm³/mol. The second-order valence-electron chi connectivity index (χ2n) is 7.98. The molecule has 0 amide bonds. The summed E-state index contributed by atoms with van der Waals surface area (Å²) in [7, 11) is 0. The molecule has 2 aromatic carbocycles. The van der Waals surface area contributed by atoms with E-state index in [9.17, 15) is 5.11 Å². The molecule has 0 radical (unpaired) electrons. The van der Waals surface area contributed by atoms with E-state index in [4.69, 9.17) is 4.74 Å². The highest BCUT2D eigenvalue weighted by Crippen LogP contribution is 2.38. The molecule has 1 fully saturated rings. The lowest BCUT2D eigenvalue weighted by Crippen LogP contribution is -2.34. The number of hydrogen-bond donors (Lipinski definition) is 3. The summed E-state index contributed by atoms with van der Waals surface area (Å²) in [6.45, 7) is 4.00. The van der Waals surface area contributed by atoms with Crippen molar-refractivity contribution in [2.24, 2.45) is 5.92 Å². The predicted octanol–water partition coefficient (Wildman–Crippen LogP) is 3.11. The van der Waals surface area contributed by atoms with Crippen LogP contribution in [0.1, 0.15) is 17.2 Å². The molecule has 5 rings (SSSR count). The molecule has 0 saturated carbocycles. The number of benzene rings is 2. The van der Waals surface area contributed by atoms with Gasteiger partial charge >= 0.3 is 0 Å². The Morgan fingerprint density at radius 3 is 2.83 bits per heavy atom. The normalized spacial score (nSPS) is 21.6. The van der Waals surface area contributed by atoms with E-state index in [2.05, 4.69) is 57.1 Å². The van der Waals surface area contributed by atoms with Gasteiger partial charge in [-0.3, -0.25) is 15.3 Å². The summed E-state index contributed by atoms with van der Waals surface area (Å²) in [5.74, 6) is 1.25. The molecule has 2 atom stereocenters. The van der Waals surface area contributed by atoms with Gasteiger partial charge in [-0.1, -0.05) is 36.4 Å². The number of rotatable bonds is 4. The number of ether oxygens (including phenoxy) is 1. The summed E-state index contributed by atoms with van der Waals surface area (Å²) in [5, 5.41) is 10.6. The van der Waals surface area contributed by atoms with Gasteiger partial charge in [0.15, 0.2) is 11.5 Å². The largest absolute Gasteiger partial charge is 0.504 e. The number of phenols is 1. The average molecular weight is 402 g/mol. The van der Waals surface area contributed by atoms with E-state index in [0.29, 0.717) is 18.3 Å². The van der Waals surface area contributed by atoms with Crippen molar-refractivity contribution in [3.05, 3.63) is 78.1 Å². The minimum Gasteiger partial charge on any atom is -0.504 e. The summed E-state index contributed by atoms with van der Waals surface area (Å²) >= 11 is 0. The molecular formula is C24H26N4O2. The average Bonchev–Trinajstić information content (AvgIpc) is 3.14. The van der Waals surface area contributed by atoms with E-state index in [0.717, 1.165) is 42.9 Å². The Kier molecular flexibility index (Phi) is 5.36. The quantitative estimate of drug-likeness (QED) is 0.623. The zero-order valence-corrected chi connectivity index (χ0v) is 16.8. The first-order valence-electron chi connectivity index (χ1n) is 10.4. The third-order valence-electron chi connectivity index (χ3n) is 5.93. The highest BCUT2D eigenvalue weighted by molar-refractivity contribution is 5.68. The molecule has 0 spiro atoms. The number of phenolic OH excluding ortho intramolecular Hbond substituents is 1. The van der Waals surface area contributed by atoms with Gasteiger partial charge in [-0.15, -0.1) is 0 Å². The first-order valence-corrected chi connectivity index (χ1v) is 10.4. The number of nitrogens with one attached hydrogen (secondary N) is 2. The SMILES string of the molecule is Oc1cc(-c2cccnc2)cc2c1OCCN(CC1CNNC1c1ccccc1)C2. The van der Waals surface area contributed by atoms with Crippen molar-refractivity contribution in [3.63, 3.8) is 0 Å². The molecule has 3 N–H and O–H groups in total. The molecule has 1 saturated heterocycles. The number of hydrogen-bond acceptors (Lipinski definition) is 6. The standard InChI is InChI=1S/C24H26N4O2/c29-22-12-19(18-7-4-8-25-13-18)11-20-15-28(9-10-30-24(20)22)16-21-14-26-27-23(21)17-5-2-1-3-6-17/h1-8,11-13,21,23,26-27,29H,9-10,14-16H2. The van der Waals surface area contributed by atoms with Crippen LogP contribution in [0.25, 0.3) is 11.1 Å². The topological polar surface area (TPSA) is 69.7 Å². The maximum atomic E-state index is 10.6. The van der Waals surface area contributed by atoms with Crippen molar-refractivity contribution in [2.45, 2.75) is 12.6 Å². The van der Waals surface area contributed by atoms with Gasteiger partial charge in [0.2, 0.25) is 0 Å². The van der Waals surface area contributed by atoms with Crippen LogP contribution in [-0.2, 0) is 6.54 Å². The van der Waals surface area contributed by atoms with Gasteiger partial charge in [-0.25, -0.2) is 5.43 Å². The summed E-state index contributed by atoms with van der Waals surface area (Å²) < 4.78 is 5.94. The van der Waals surface area contributed by atoms with Crippen LogP contribution in [0.2, 0.25) is 0 Å². The zero-order valence-electron chi connectivity index (χ0n) is 16.8. The van der Waals surface area contributed by atoms with E-state index < -0.39 is 0 Å². The molecule has 30 heavy (non-hydrogen) atoms. The highest BCUT2D eigenvalue weighted by atomic mass is 16.5. The molecule has 6 heteroatoms. The summed E-state index contributed by atoms with van der Waals surface area (Å²) in [6, 6.07) is 18.7. The Balaban J connectivity index is 1.37. The highest BCUT2D eigenvalue weighted by Gasteiger charge is 2.31. The zero-order chi connectivity index (χ0) is 20.3. The van der Waals surface area contributed by atoms with Crippen LogP contribution in [0.3, 0.4) is 0 Å². The monoisotopic (exact) mass is 402 g/mol. The van der Waals surface area contributed by atoms with E-state index in [1.54, 1.807) is 12.3 Å². The van der Waals surface area contributed by atoms with Gasteiger partial charge in [0.1, 0.15) is 6.61 Å². The van der Waals surface area contributed by atoms with Crippen LogP contribution < -0.4 is 15.6 Å². The number of fused-ring (bicyclic) bond motifs is 1. The molecule has 6 nitrogen and oxygen atoms in total. The van der Waals surface area contributed by atoms with Gasteiger partial charge in [-0.05, 0) is 29.3 Å². The van der Waals surface area contributed by atoms with Crippen molar-refractivity contribution < 1.29 is 9.84 Å². The third-order valence-corrected chi connectivity index (χ3v) is 5.93. The Bertz CT molecular complexity index is 997. The van der Waals surface area contributed by atoms with Gasteiger partial charge in [-0.2, -0.15) is 0 Å². The van der Waals surface area contributed by atoms with Crippen LogP contribution in [0, 0.1) is 5.92 Å². The van der Waals surface area contributed by atoms with Gasteiger partial charge in [0, 0.05) is 55.6 Å². The second-order valence-corrected chi connectivity index (χ2v) is 7.98. The number of aromatic hydroxyl groups is 1. The molecular weight excluding hydrogens is 376 g/mol. The van der Waals surface area contributed by atoms with Crippen molar-refractivity contribution in [1.29, 1.82) is 0 Å². The van der Waals surface area contributed by atoms with E-state index in [1.165, 1.54) is 5.56 Å². The molecule has 2 unspecified atom stereocenters. The van der Waals surface area contributed by atoms with Crippen LogP contribution in [0.5, 0.6) is 11.5 Å². The van der Waals surface area contributed by atoms with Crippen LogP contribution >= 0.6 is 0 Å². The Hall–Kier alpha value is -2.93. The van der Waals surface area contributed by atoms with Crippen molar-refractivity contribution in [3.8, 4) is 22.6 Å². The molecule has 3 heterocycles. The lowest BCUT2D eigenvalue weighted by Gasteiger charge is -2.26. The van der Waals surface area contributed by atoms with E-state index in [1.807, 2.05) is 18.3 Å². The maximum Gasteiger partial charge on any atom is 0.165 e. The van der Waals surface area contributed by atoms with Crippen molar-refractivity contribution >= 4 is 0 Å². The summed E-state index contributed by atoms with van der Waals surface area (Å²) in [6.07, 6.45) is 3.57. The minimum absolute atomic E-state index is 0.194. The minimum atomic E-state index is 0.194. The lowest BCUT2D eigenvalue weighted by atomic mass is 9.94. The molecule has 1 aromatic heterocycles. The number of nitrogens with zero attached hydrogens (tertiary/aromatic N) is 2. The van der Waals surface area contributed by atoms with Crippen LogP contribution in [0.4, 0.5) is 0 Å². The molecule has 2 aliphatic heterocycles. The lowest BCUT2D eigenvalue weighted by molar-refractivity contribution is 0.194. The third kappa shape index (κ3) is 3.89. The van der Waals surface area contributed by atoms with E-state index in [-0.39, 0.29) is 11.8 Å². The molecule has 154 valence electrons. The fourth-order valence-electron chi connectivity index (χ4n) is 4.46. The first kappa shape index (κ1) is 19.1. The Morgan fingerprint density at radius 1 is 1.10 bits per heavy atom. The molecule has 0 bridgehead atoms. The van der Waals surface area contributed by atoms with Crippen molar-refractivity contribution in [2.75, 3.05) is 26.2 Å². The summed E-state index contributed by atoms with van der Waals surface area (Å²) in [4.78, 5) is 6.63. The number of pyridine rings is 1. The van der Waals surface area contributed by atoms with Crippen LogP contribution in [-0.4, -0.2) is 41.2 Å². The summed E-state index contributed by atoms with van der Waals surface area (Å²) in [5.41, 5.74) is 11.0. The van der Waals surface area contributed by atoms with Crippen molar-refractivity contribution in [1.82, 2.24) is 20.7 Å². The van der Waals surface area contributed by atoms with Gasteiger partial charge in [0.05, 0.1) is 6.04 Å². The Morgan fingerprint density at radius 2 is 2.00 bits per heavy atom. The molecule has 2 aliphatic rings.